The van der Waals surface area contributed by atoms with E-state index in [1.165, 1.54) is 10.7 Å². The van der Waals surface area contributed by atoms with Gasteiger partial charge in [-0.05, 0) is 40.8 Å². The minimum Gasteiger partial charge on any atom is -0.399 e. The summed E-state index contributed by atoms with van der Waals surface area (Å²) >= 11 is 2.02. The number of nitrogens with zero attached hydrogens (tertiary/aromatic N) is 2. The Kier molecular flexibility index (Phi) is 3.02. The highest BCUT2D eigenvalue weighted by Crippen LogP contribution is 2.32. The molecule has 2 rings (SSSR count). The van der Waals surface area contributed by atoms with Crippen LogP contribution in [0, 0.1) is 3.57 Å². The Balaban J connectivity index is 2.52. The van der Waals surface area contributed by atoms with Gasteiger partial charge in [-0.25, -0.2) is 4.68 Å². The van der Waals surface area contributed by atoms with E-state index in [2.05, 4.69) is 5.10 Å². The second-order valence-electron chi connectivity index (χ2n) is 3.41. The molecule has 0 aliphatic rings. The lowest BCUT2D eigenvalue weighted by Gasteiger charge is -2.10. The molecule has 0 aliphatic carbocycles. The second kappa shape index (κ2) is 4.21. The molecule has 0 radical (unpaired) electrons. The zero-order chi connectivity index (χ0) is 12.6. The van der Waals surface area contributed by atoms with E-state index in [0.717, 1.165) is 15.7 Å². The average Bonchev–Trinajstić information content (AvgIpc) is 2.62. The Labute approximate surface area is 109 Å². The van der Waals surface area contributed by atoms with Gasteiger partial charge in [-0.2, -0.15) is 18.3 Å². The highest BCUT2D eigenvalue weighted by Gasteiger charge is 2.31. The monoisotopic (exact) mass is 353 g/mol. The summed E-state index contributed by atoms with van der Waals surface area (Å²) < 4.78 is 39.9. The number of rotatable bonds is 1. The first-order chi connectivity index (χ1) is 7.86. The third-order valence-electron chi connectivity index (χ3n) is 2.08. The Morgan fingerprint density at radius 2 is 1.94 bits per heavy atom. The smallest absolute Gasteiger partial charge is 0.399 e. The molecule has 1 aromatic carbocycles. The van der Waals surface area contributed by atoms with E-state index in [1.807, 2.05) is 22.6 Å². The van der Waals surface area contributed by atoms with Gasteiger partial charge < -0.3 is 5.73 Å². The molecule has 2 N–H and O–H groups in total. The van der Waals surface area contributed by atoms with E-state index in [-0.39, 0.29) is 5.69 Å². The van der Waals surface area contributed by atoms with Gasteiger partial charge in [-0.15, -0.1) is 0 Å². The summed E-state index contributed by atoms with van der Waals surface area (Å²) in [4.78, 5) is 0. The minimum absolute atomic E-state index is 0.0559. The van der Waals surface area contributed by atoms with Crippen LogP contribution in [0.4, 0.5) is 18.9 Å². The highest BCUT2D eigenvalue weighted by molar-refractivity contribution is 14.1. The van der Waals surface area contributed by atoms with Crippen LogP contribution < -0.4 is 5.73 Å². The van der Waals surface area contributed by atoms with Crippen LogP contribution in [0.5, 0.6) is 0 Å². The quantitative estimate of drug-likeness (QED) is 0.633. The van der Waals surface area contributed by atoms with Crippen LogP contribution in [-0.4, -0.2) is 9.78 Å². The molecule has 0 atom stereocenters. The molecule has 0 saturated carbocycles. The van der Waals surface area contributed by atoms with Crippen molar-refractivity contribution in [3.63, 3.8) is 0 Å². The Bertz CT molecular complexity index is 548. The van der Waals surface area contributed by atoms with Crippen molar-refractivity contribution in [3.8, 4) is 5.69 Å². The van der Waals surface area contributed by atoms with Gasteiger partial charge in [0.15, 0.2) is 0 Å². The maximum atomic E-state index is 12.6. The van der Waals surface area contributed by atoms with Gasteiger partial charge in [-0.3, -0.25) is 0 Å². The standard InChI is InChI=1S/C10H7F3IN3/c11-10(12,13)6-1-8(15)3-9(2-6)17-5-7(14)4-16-17/h1-5H,15H2. The highest BCUT2D eigenvalue weighted by atomic mass is 127. The number of nitrogen functional groups attached to an aromatic ring is 1. The Hall–Kier alpha value is -1.25. The number of aromatic nitrogens is 2. The van der Waals surface area contributed by atoms with Crippen LogP contribution in [0.2, 0.25) is 0 Å². The fourth-order valence-corrected chi connectivity index (χ4v) is 1.76. The van der Waals surface area contributed by atoms with E-state index in [9.17, 15) is 13.2 Å². The molecule has 0 spiro atoms. The minimum atomic E-state index is -4.41. The summed E-state index contributed by atoms with van der Waals surface area (Å²) in [7, 11) is 0. The van der Waals surface area contributed by atoms with Crippen LogP contribution in [-0.2, 0) is 6.18 Å². The van der Waals surface area contributed by atoms with Gasteiger partial charge in [0.1, 0.15) is 0 Å². The van der Waals surface area contributed by atoms with Crippen LogP contribution in [0.1, 0.15) is 5.56 Å². The molecular formula is C10H7F3IN3. The molecule has 1 heterocycles. The molecule has 0 saturated heterocycles. The van der Waals surface area contributed by atoms with Gasteiger partial charge in [0, 0.05) is 11.9 Å². The van der Waals surface area contributed by atoms with Crippen LogP contribution >= 0.6 is 22.6 Å². The maximum absolute atomic E-state index is 12.6. The van der Waals surface area contributed by atoms with Crippen molar-refractivity contribution < 1.29 is 13.2 Å². The second-order valence-corrected chi connectivity index (χ2v) is 4.66. The van der Waals surface area contributed by atoms with E-state index < -0.39 is 11.7 Å². The number of benzene rings is 1. The van der Waals surface area contributed by atoms with Gasteiger partial charge in [0.2, 0.25) is 0 Å². The molecule has 0 amide bonds. The van der Waals surface area contributed by atoms with Crippen molar-refractivity contribution in [1.29, 1.82) is 0 Å². The lowest BCUT2D eigenvalue weighted by atomic mass is 10.1. The first kappa shape index (κ1) is 12.2. The molecule has 1 aromatic heterocycles. The zero-order valence-electron chi connectivity index (χ0n) is 8.37. The topological polar surface area (TPSA) is 43.8 Å². The van der Waals surface area contributed by atoms with Crippen molar-refractivity contribution in [1.82, 2.24) is 9.78 Å². The number of nitrogens with two attached hydrogens (primary N) is 1. The summed E-state index contributed by atoms with van der Waals surface area (Å²) in [5, 5.41) is 3.94. The molecule has 0 unspecified atom stereocenters. The third-order valence-corrected chi connectivity index (χ3v) is 2.64. The summed E-state index contributed by atoms with van der Waals surface area (Å²) in [5.74, 6) is 0. The molecule has 2 aromatic rings. The molecule has 3 nitrogen and oxygen atoms in total. The van der Waals surface area contributed by atoms with Gasteiger partial charge in [-0.1, -0.05) is 0 Å². The van der Waals surface area contributed by atoms with E-state index in [0.29, 0.717) is 5.69 Å². The van der Waals surface area contributed by atoms with Crippen molar-refractivity contribution in [2.75, 3.05) is 5.73 Å². The number of halogens is 4. The van der Waals surface area contributed by atoms with Gasteiger partial charge in [0.25, 0.3) is 0 Å². The first-order valence-electron chi connectivity index (χ1n) is 4.54. The molecule has 0 aliphatic heterocycles. The molecule has 0 bridgehead atoms. The Morgan fingerprint density at radius 3 is 2.47 bits per heavy atom. The SMILES string of the molecule is Nc1cc(-n2cc(I)cn2)cc(C(F)(F)F)c1. The van der Waals surface area contributed by atoms with Crippen LogP contribution in [0.3, 0.4) is 0 Å². The molecule has 17 heavy (non-hydrogen) atoms. The van der Waals surface area contributed by atoms with Crippen LogP contribution in [0.25, 0.3) is 5.69 Å². The lowest BCUT2D eigenvalue weighted by Crippen LogP contribution is -2.07. The molecule has 90 valence electrons. The predicted octanol–water partition coefficient (Wildman–Crippen LogP) is 3.08. The maximum Gasteiger partial charge on any atom is 0.416 e. The van der Waals surface area contributed by atoms with Gasteiger partial charge in [0.05, 0.1) is 21.0 Å². The molecule has 0 fully saturated rings. The largest absolute Gasteiger partial charge is 0.416 e. The zero-order valence-corrected chi connectivity index (χ0v) is 10.5. The summed E-state index contributed by atoms with van der Waals surface area (Å²) in [6.07, 6.45) is -1.24. The van der Waals surface area contributed by atoms with Gasteiger partial charge >= 0.3 is 6.18 Å². The Morgan fingerprint density at radius 1 is 1.24 bits per heavy atom. The van der Waals surface area contributed by atoms with E-state index >= 15 is 0 Å². The molecule has 7 heteroatoms. The average molecular weight is 353 g/mol. The van der Waals surface area contributed by atoms with Crippen molar-refractivity contribution in [2.24, 2.45) is 0 Å². The summed E-state index contributed by atoms with van der Waals surface area (Å²) in [6.45, 7) is 0. The van der Waals surface area contributed by atoms with Crippen molar-refractivity contribution in [3.05, 3.63) is 39.7 Å². The summed E-state index contributed by atoms with van der Waals surface area (Å²) in [5.41, 5.74) is 5.03. The van der Waals surface area contributed by atoms with E-state index in [1.54, 1.807) is 12.4 Å². The number of anilines is 1. The third kappa shape index (κ3) is 2.71. The van der Waals surface area contributed by atoms with Crippen molar-refractivity contribution >= 4 is 28.3 Å². The lowest BCUT2D eigenvalue weighted by molar-refractivity contribution is -0.137. The first-order valence-corrected chi connectivity index (χ1v) is 5.62. The number of hydrogen-bond acceptors (Lipinski definition) is 2. The van der Waals surface area contributed by atoms with Crippen LogP contribution in [0.15, 0.2) is 30.6 Å². The fraction of sp³-hybridized carbons (Fsp3) is 0.100. The molecular weight excluding hydrogens is 346 g/mol. The summed E-state index contributed by atoms with van der Waals surface area (Å²) in [6, 6.07) is 3.36. The van der Waals surface area contributed by atoms with Crippen molar-refractivity contribution in [2.45, 2.75) is 6.18 Å². The predicted molar refractivity (Wildman–Crippen MR) is 65.7 cm³/mol. The fourth-order valence-electron chi connectivity index (χ4n) is 1.37. The number of hydrogen-bond donors (Lipinski definition) is 1. The number of alkyl halides is 3. The van der Waals surface area contributed by atoms with E-state index in [4.69, 9.17) is 5.73 Å². The normalized spacial score (nSPS) is 11.8.